The van der Waals surface area contributed by atoms with E-state index in [9.17, 15) is 5.11 Å². The monoisotopic (exact) mass is 301 g/mol. The molecule has 0 aliphatic carbocycles. The maximum absolute atomic E-state index is 9.67. The smallest absolute Gasteiger partial charge is 0.163 e. The lowest BCUT2D eigenvalue weighted by molar-refractivity contribution is 0.373. The van der Waals surface area contributed by atoms with Gasteiger partial charge in [-0.25, -0.2) is 9.67 Å². The molecule has 0 spiro atoms. The lowest BCUT2D eigenvalue weighted by Gasteiger charge is -2.08. The number of benzene rings is 2. The highest BCUT2D eigenvalue weighted by atomic mass is 35.5. The maximum Gasteiger partial charge on any atom is 0.163 e. The summed E-state index contributed by atoms with van der Waals surface area (Å²) in [6.07, 6.45) is 1.48. The number of phenolic OH excluding ortho intramolecular Hbond substituents is 1. The Balaban J connectivity index is 2.08. The third kappa shape index (κ3) is 2.55. The van der Waals surface area contributed by atoms with Crippen LogP contribution in [0, 0.1) is 0 Å². The van der Waals surface area contributed by atoms with Crippen molar-refractivity contribution in [3.63, 3.8) is 0 Å². The van der Waals surface area contributed by atoms with Crippen molar-refractivity contribution in [1.29, 1.82) is 0 Å². The van der Waals surface area contributed by atoms with E-state index in [0.29, 0.717) is 16.6 Å². The summed E-state index contributed by atoms with van der Waals surface area (Å²) < 4.78 is 6.82. The Hall–Kier alpha value is -2.53. The van der Waals surface area contributed by atoms with Crippen LogP contribution in [0.2, 0.25) is 5.02 Å². The highest BCUT2D eigenvalue weighted by Gasteiger charge is 2.12. The lowest BCUT2D eigenvalue weighted by atomic mass is 10.2. The molecule has 0 saturated carbocycles. The van der Waals surface area contributed by atoms with Gasteiger partial charge in [0.05, 0.1) is 12.8 Å². The Morgan fingerprint density at radius 3 is 2.62 bits per heavy atom. The SMILES string of the molecule is COc1cc(-c2ncnn2-c2ccc(Cl)cc2)ccc1O. The Morgan fingerprint density at radius 2 is 1.90 bits per heavy atom. The Bertz CT molecular complexity index is 769. The standard InChI is InChI=1S/C15H12ClN3O2/c1-21-14-8-10(2-7-13(14)20)15-17-9-18-19(15)12-5-3-11(16)4-6-12/h2-9,20H,1H3. The van der Waals surface area contributed by atoms with Crippen LogP contribution in [-0.4, -0.2) is 27.0 Å². The molecule has 3 rings (SSSR count). The second-order valence-corrected chi connectivity index (χ2v) is 4.79. The summed E-state index contributed by atoms with van der Waals surface area (Å²) in [4.78, 5) is 4.27. The van der Waals surface area contributed by atoms with Gasteiger partial charge in [-0.3, -0.25) is 0 Å². The molecule has 0 aliphatic rings. The summed E-state index contributed by atoms with van der Waals surface area (Å²) in [5.41, 5.74) is 1.64. The first-order valence-corrected chi connectivity index (χ1v) is 6.60. The van der Waals surface area contributed by atoms with Gasteiger partial charge >= 0.3 is 0 Å². The molecule has 0 amide bonds. The molecule has 5 nitrogen and oxygen atoms in total. The van der Waals surface area contributed by atoms with Crippen molar-refractivity contribution < 1.29 is 9.84 Å². The van der Waals surface area contributed by atoms with Gasteiger partial charge in [0.2, 0.25) is 0 Å². The van der Waals surface area contributed by atoms with Crippen LogP contribution < -0.4 is 4.74 Å². The predicted octanol–water partition coefficient (Wildman–Crippen LogP) is 3.30. The zero-order chi connectivity index (χ0) is 14.8. The molecule has 3 aromatic rings. The van der Waals surface area contributed by atoms with Crippen LogP contribution in [-0.2, 0) is 0 Å². The lowest BCUT2D eigenvalue weighted by Crippen LogP contribution is -1.99. The Labute approximate surface area is 126 Å². The van der Waals surface area contributed by atoms with Gasteiger partial charge in [-0.2, -0.15) is 5.10 Å². The fraction of sp³-hybridized carbons (Fsp3) is 0.0667. The van der Waals surface area contributed by atoms with Crippen LogP contribution in [0.15, 0.2) is 48.8 Å². The zero-order valence-electron chi connectivity index (χ0n) is 11.2. The number of nitrogens with zero attached hydrogens (tertiary/aromatic N) is 3. The summed E-state index contributed by atoms with van der Waals surface area (Å²) >= 11 is 5.90. The molecule has 21 heavy (non-hydrogen) atoms. The van der Waals surface area contributed by atoms with Crippen molar-refractivity contribution in [3.8, 4) is 28.6 Å². The summed E-state index contributed by atoms with van der Waals surface area (Å²) in [5.74, 6) is 1.12. The number of methoxy groups -OCH3 is 1. The van der Waals surface area contributed by atoms with E-state index >= 15 is 0 Å². The van der Waals surface area contributed by atoms with E-state index in [1.165, 1.54) is 13.4 Å². The maximum atomic E-state index is 9.67. The van der Waals surface area contributed by atoms with Crippen LogP contribution in [0.5, 0.6) is 11.5 Å². The molecule has 0 unspecified atom stereocenters. The molecule has 6 heteroatoms. The van der Waals surface area contributed by atoms with Gasteiger partial charge < -0.3 is 9.84 Å². The molecule has 0 fully saturated rings. The third-order valence-corrected chi connectivity index (χ3v) is 3.31. The minimum absolute atomic E-state index is 0.0822. The van der Waals surface area contributed by atoms with E-state index in [0.717, 1.165) is 11.3 Å². The first kappa shape index (κ1) is 13.5. The van der Waals surface area contributed by atoms with Gasteiger partial charge in [0.15, 0.2) is 17.3 Å². The van der Waals surface area contributed by atoms with Crippen molar-refractivity contribution in [2.24, 2.45) is 0 Å². The first-order chi connectivity index (χ1) is 10.2. The van der Waals surface area contributed by atoms with E-state index < -0.39 is 0 Å². The van der Waals surface area contributed by atoms with E-state index in [4.69, 9.17) is 16.3 Å². The molecular weight excluding hydrogens is 290 g/mol. The fourth-order valence-corrected chi connectivity index (χ4v) is 2.15. The average Bonchev–Trinajstić information content (AvgIpc) is 2.98. The Morgan fingerprint density at radius 1 is 1.14 bits per heavy atom. The molecule has 2 aromatic carbocycles. The number of ether oxygens (including phenoxy) is 1. The summed E-state index contributed by atoms with van der Waals surface area (Å²) in [5, 5.41) is 14.6. The van der Waals surface area contributed by atoms with Crippen LogP contribution in [0.3, 0.4) is 0 Å². The minimum atomic E-state index is 0.0822. The molecular formula is C15H12ClN3O2. The van der Waals surface area contributed by atoms with Gasteiger partial charge in [0.1, 0.15) is 6.33 Å². The fourth-order valence-electron chi connectivity index (χ4n) is 2.03. The molecule has 0 atom stereocenters. The second kappa shape index (κ2) is 5.46. The van der Waals surface area contributed by atoms with Crippen molar-refractivity contribution in [1.82, 2.24) is 14.8 Å². The predicted molar refractivity (Wildman–Crippen MR) is 80.0 cm³/mol. The molecule has 106 valence electrons. The largest absolute Gasteiger partial charge is 0.504 e. The van der Waals surface area contributed by atoms with Crippen LogP contribution in [0.25, 0.3) is 17.1 Å². The molecule has 0 aliphatic heterocycles. The van der Waals surface area contributed by atoms with Crippen LogP contribution in [0.4, 0.5) is 0 Å². The number of rotatable bonds is 3. The van der Waals surface area contributed by atoms with E-state index in [-0.39, 0.29) is 5.75 Å². The molecule has 0 radical (unpaired) electrons. The number of hydrogen-bond donors (Lipinski definition) is 1. The summed E-state index contributed by atoms with van der Waals surface area (Å²) in [7, 11) is 1.50. The molecule has 1 aromatic heterocycles. The van der Waals surface area contributed by atoms with Crippen molar-refractivity contribution >= 4 is 11.6 Å². The normalized spacial score (nSPS) is 10.6. The minimum Gasteiger partial charge on any atom is -0.504 e. The van der Waals surface area contributed by atoms with E-state index in [1.807, 2.05) is 12.1 Å². The number of phenols is 1. The highest BCUT2D eigenvalue weighted by molar-refractivity contribution is 6.30. The molecule has 0 saturated heterocycles. The Kier molecular flexibility index (Phi) is 3.50. The van der Waals surface area contributed by atoms with Gasteiger partial charge in [0.25, 0.3) is 0 Å². The number of aromatic nitrogens is 3. The van der Waals surface area contributed by atoms with Gasteiger partial charge in [-0.15, -0.1) is 0 Å². The quantitative estimate of drug-likeness (QED) is 0.806. The topological polar surface area (TPSA) is 60.2 Å². The van der Waals surface area contributed by atoms with Crippen molar-refractivity contribution in [2.45, 2.75) is 0 Å². The summed E-state index contributed by atoms with van der Waals surface area (Å²) in [6.45, 7) is 0. The number of halogens is 1. The van der Waals surface area contributed by atoms with Crippen LogP contribution >= 0.6 is 11.6 Å². The molecule has 1 heterocycles. The zero-order valence-corrected chi connectivity index (χ0v) is 11.9. The molecule has 0 bridgehead atoms. The van der Waals surface area contributed by atoms with E-state index in [2.05, 4.69) is 10.1 Å². The number of aromatic hydroxyl groups is 1. The van der Waals surface area contributed by atoms with E-state index in [1.54, 1.807) is 35.0 Å². The van der Waals surface area contributed by atoms with Crippen molar-refractivity contribution in [2.75, 3.05) is 7.11 Å². The van der Waals surface area contributed by atoms with Gasteiger partial charge in [-0.1, -0.05) is 11.6 Å². The van der Waals surface area contributed by atoms with Crippen molar-refractivity contribution in [3.05, 3.63) is 53.8 Å². The van der Waals surface area contributed by atoms with Crippen LogP contribution in [0.1, 0.15) is 0 Å². The number of hydrogen-bond acceptors (Lipinski definition) is 4. The van der Waals surface area contributed by atoms with Gasteiger partial charge in [0, 0.05) is 10.6 Å². The highest BCUT2D eigenvalue weighted by Crippen LogP contribution is 2.31. The average molecular weight is 302 g/mol. The molecule has 1 N–H and O–H groups in total. The third-order valence-electron chi connectivity index (χ3n) is 3.06. The first-order valence-electron chi connectivity index (χ1n) is 6.22. The summed E-state index contributed by atoms with van der Waals surface area (Å²) in [6, 6.07) is 12.3. The van der Waals surface area contributed by atoms with Gasteiger partial charge in [-0.05, 0) is 42.5 Å². The second-order valence-electron chi connectivity index (χ2n) is 4.36.